The number of benzene rings is 1. The number of halogens is 1. The normalized spacial score (nSPS) is 18.9. The zero-order valence-corrected chi connectivity index (χ0v) is 12.8. The molecule has 2 rings (SSSR count). The van der Waals surface area contributed by atoms with E-state index in [0.717, 1.165) is 38.3 Å². The van der Waals surface area contributed by atoms with E-state index < -0.39 is 0 Å². The van der Waals surface area contributed by atoms with Gasteiger partial charge in [0.2, 0.25) is 0 Å². The van der Waals surface area contributed by atoms with Crippen LogP contribution < -0.4 is 14.8 Å². The van der Waals surface area contributed by atoms with Crippen LogP contribution in [0.15, 0.2) is 12.1 Å². The van der Waals surface area contributed by atoms with Gasteiger partial charge >= 0.3 is 0 Å². The Labute approximate surface area is 125 Å². The van der Waals surface area contributed by atoms with E-state index in [-0.39, 0.29) is 0 Å². The van der Waals surface area contributed by atoms with E-state index in [0.29, 0.717) is 22.4 Å². The molecule has 1 aliphatic heterocycles. The van der Waals surface area contributed by atoms with Gasteiger partial charge in [-0.15, -0.1) is 0 Å². The number of methoxy groups -OCH3 is 2. The van der Waals surface area contributed by atoms with Crippen LogP contribution in [0.4, 0.5) is 0 Å². The summed E-state index contributed by atoms with van der Waals surface area (Å²) in [5, 5.41) is 4.05. The second kappa shape index (κ2) is 7.72. The van der Waals surface area contributed by atoms with Gasteiger partial charge in [0, 0.05) is 19.7 Å². The Morgan fingerprint density at radius 1 is 1.35 bits per heavy atom. The highest BCUT2D eigenvalue weighted by molar-refractivity contribution is 6.33. The van der Waals surface area contributed by atoms with Gasteiger partial charge in [0.05, 0.1) is 25.8 Å². The van der Waals surface area contributed by atoms with Gasteiger partial charge in [0.15, 0.2) is 11.5 Å². The Morgan fingerprint density at radius 3 is 2.85 bits per heavy atom. The molecule has 1 aliphatic rings. The second-order valence-corrected chi connectivity index (χ2v) is 5.37. The lowest BCUT2D eigenvalue weighted by atomic mass is 10.0. The van der Waals surface area contributed by atoms with Crippen LogP contribution in [0.5, 0.6) is 11.5 Å². The van der Waals surface area contributed by atoms with E-state index in [1.54, 1.807) is 14.2 Å². The summed E-state index contributed by atoms with van der Waals surface area (Å²) in [5.74, 6) is 1.85. The fraction of sp³-hybridized carbons (Fsp3) is 0.600. The first-order valence-electron chi connectivity index (χ1n) is 6.94. The van der Waals surface area contributed by atoms with E-state index in [2.05, 4.69) is 5.32 Å². The molecule has 0 aliphatic carbocycles. The lowest BCUT2D eigenvalue weighted by Crippen LogP contribution is -2.28. The molecule has 1 aromatic rings. The Kier molecular flexibility index (Phi) is 5.95. The molecule has 1 atom stereocenters. The van der Waals surface area contributed by atoms with E-state index in [9.17, 15) is 0 Å². The Bertz CT molecular complexity index is 433. The molecular formula is C15H22ClNO3. The number of hydrogen-bond acceptors (Lipinski definition) is 4. The van der Waals surface area contributed by atoms with Gasteiger partial charge in [-0.25, -0.2) is 0 Å². The predicted octanol–water partition coefficient (Wildman–Crippen LogP) is 2.87. The minimum atomic E-state index is 0.592. The average Bonchev–Trinajstić information content (AvgIpc) is 2.49. The summed E-state index contributed by atoms with van der Waals surface area (Å²) in [6.07, 6.45) is 2.39. The van der Waals surface area contributed by atoms with E-state index in [4.69, 9.17) is 25.8 Å². The number of rotatable bonds is 6. The maximum Gasteiger partial charge on any atom is 0.179 e. The van der Waals surface area contributed by atoms with Crippen molar-refractivity contribution in [3.63, 3.8) is 0 Å². The topological polar surface area (TPSA) is 39.7 Å². The molecule has 0 bridgehead atoms. The van der Waals surface area contributed by atoms with Crippen LogP contribution in [0.25, 0.3) is 0 Å². The molecule has 4 nitrogen and oxygen atoms in total. The predicted molar refractivity (Wildman–Crippen MR) is 79.8 cm³/mol. The highest BCUT2D eigenvalue weighted by Crippen LogP contribution is 2.37. The summed E-state index contributed by atoms with van der Waals surface area (Å²) in [7, 11) is 3.20. The summed E-state index contributed by atoms with van der Waals surface area (Å²) in [6.45, 7) is 3.42. The minimum Gasteiger partial charge on any atom is -0.493 e. The first-order chi connectivity index (χ1) is 9.76. The largest absolute Gasteiger partial charge is 0.493 e. The van der Waals surface area contributed by atoms with Crippen LogP contribution in [-0.4, -0.2) is 34.0 Å². The quantitative estimate of drug-likeness (QED) is 0.877. The number of ether oxygens (including phenoxy) is 3. The third-order valence-corrected chi connectivity index (χ3v) is 3.98. The van der Waals surface area contributed by atoms with Crippen molar-refractivity contribution in [3.8, 4) is 11.5 Å². The molecule has 0 saturated carbocycles. The maximum absolute atomic E-state index is 6.34. The van der Waals surface area contributed by atoms with E-state index in [1.807, 2.05) is 12.1 Å². The molecule has 0 aromatic heterocycles. The van der Waals surface area contributed by atoms with Crippen LogP contribution >= 0.6 is 11.6 Å². The lowest BCUT2D eigenvalue weighted by Gasteiger charge is -2.22. The van der Waals surface area contributed by atoms with Crippen molar-refractivity contribution in [2.24, 2.45) is 5.92 Å². The zero-order chi connectivity index (χ0) is 14.4. The van der Waals surface area contributed by atoms with Crippen molar-refractivity contribution in [2.45, 2.75) is 19.4 Å². The first kappa shape index (κ1) is 15.4. The standard InChI is InChI=1S/C15H22ClNO3/c1-18-13-6-5-12(14(16)15(13)19-2)9-17-8-11-4-3-7-20-10-11/h5-6,11,17H,3-4,7-10H2,1-2H3. The van der Waals surface area contributed by atoms with Crippen molar-refractivity contribution in [2.75, 3.05) is 34.0 Å². The third kappa shape index (κ3) is 3.78. The minimum absolute atomic E-state index is 0.592. The van der Waals surface area contributed by atoms with Gasteiger partial charge in [0.1, 0.15) is 0 Å². The van der Waals surface area contributed by atoms with Gasteiger partial charge in [-0.3, -0.25) is 0 Å². The molecule has 1 unspecified atom stereocenters. The van der Waals surface area contributed by atoms with Crippen molar-refractivity contribution in [1.82, 2.24) is 5.32 Å². The Morgan fingerprint density at radius 2 is 2.20 bits per heavy atom. The van der Waals surface area contributed by atoms with Crippen LogP contribution in [0.3, 0.4) is 0 Å². The van der Waals surface area contributed by atoms with Gasteiger partial charge in [-0.05, 0) is 30.4 Å². The summed E-state index contributed by atoms with van der Waals surface area (Å²) < 4.78 is 16.0. The van der Waals surface area contributed by atoms with Gasteiger partial charge in [-0.1, -0.05) is 17.7 Å². The fourth-order valence-electron chi connectivity index (χ4n) is 2.45. The van der Waals surface area contributed by atoms with Crippen molar-refractivity contribution >= 4 is 11.6 Å². The Hall–Kier alpha value is -0.970. The summed E-state index contributed by atoms with van der Waals surface area (Å²) in [4.78, 5) is 0. The second-order valence-electron chi connectivity index (χ2n) is 4.99. The molecule has 0 radical (unpaired) electrons. The molecule has 1 heterocycles. The van der Waals surface area contributed by atoms with Gasteiger partial charge in [-0.2, -0.15) is 0 Å². The molecule has 0 spiro atoms. The third-order valence-electron chi connectivity index (χ3n) is 3.57. The smallest absolute Gasteiger partial charge is 0.179 e. The fourth-order valence-corrected chi connectivity index (χ4v) is 2.75. The maximum atomic E-state index is 6.34. The molecule has 1 fully saturated rings. The lowest BCUT2D eigenvalue weighted by molar-refractivity contribution is 0.0547. The molecule has 0 amide bonds. The Balaban J connectivity index is 1.92. The SMILES string of the molecule is COc1ccc(CNCC2CCCOC2)c(Cl)c1OC. The van der Waals surface area contributed by atoms with Gasteiger partial charge in [0.25, 0.3) is 0 Å². The van der Waals surface area contributed by atoms with E-state index >= 15 is 0 Å². The van der Waals surface area contributed by atoms with Crippen LogP contribution in [0.1, 0.15) is 18.4 Å². The molecule has 112 valence electrons. The zero-order valence-electron chi connectivity index (χ0n) is 12.1. The summed E-state index contributed by atoms with van der Waals surface area (Å²) in [5.41, 5.74) is 1.01. The van der Waals surface area contributed by atoms with Crippen molar-refractivity contribution < 1.29 is 14.2 Å². The number of hydrogen-bond donors (Lipinski definition) is 1. The van der Waals surface area contributed by atoms with Crippen molar-refractivity contribution in [3.05, 3.63) is 22.7 Å². The molecule has 5 heteroatoms. The highest BCUT2D eigenvalue weighted by Gasteiger charge is 2.15. The van der Waals surface area contributed by atoms with Crippen LogP contribution in [0.2, 0.25) is 5.02 Å². The monoisotopic (exact) mass is 299 g/mol. The van der Waals surface area contributed by atoms with Crippen LogP contribution in [-0.2, 0) is 11.3 Å². The molecule has 1 saturated heterocycles. The number of nitrogens with one attached hydrogen (secondary N) is 1. The molecular weight excluding hydrogens is 278 g/mol. The summed E-state index contributed by atoms with van der Waals surface area (Å²) in [6, 6.07) is 3.85. The summed E-state index contributed by atoms with van der Waals surface area (Å²) >= 11 is 6.34. The average molecular weight is 300 g/mol. The molecule has 1 aromatic carbocycles. The van der Waals surface area contributed by atoms with Crippen LogP contribution in [0, 0.1) is 5.92 Å². The highest BCUT2D eigenvalue weighted by atomic mass is 35.5. The molecule has 20 heavy (non-hydrogen) atoms. The van der Waals surface area contributed by atoms with Gasteiger partial charge < -0.3 is 19.5 Å². The van der Waals surface area contributed by atoms with Crippen molar-refractivity contribution in [1.29, 1.82) is 0 Å². The van der Waals surface area contributed by atoms with E-state index in [1.165, 1.54) is 6.42 Å². The molecule has 1 N–H and O–H groups in total. The first-order valence-corrected chi connectivity index (χ1v) is 7.32.